The van der Waals surface area contributed by atoms with Gasteiger partial charge in [0.15, 0.2) is 0 Å². The molecule has 4 atom stereocenters. The van der Waals surface area contributed by atoms with Crippen LogP contribution in [0.5, 0.6) is 0 Å². The summed E-state index contributed by atoms with van der Waals surface area (Å²) < 4.78 is 13.5. The number of aliphatic imine (C=N–C) groups is 1. The van der Waals surface area contributed by atoms with Crippen LogP contribution in [-0.2, 0) is 11.2 Å². The maximum atomic E-state index is 13.5. The molecule has 2 bridgehead atoms. The molecule has 0 aliphatic heterocycles. The van der Waals surface area contributed by atoms with Gasteiger partial charge in [-0.3, -0.25) is 9.79 Å². The highest BCUT2D eigenvalue weighted by Crippen LogP contribution is 2.44. The summed E-state index contributed by atoms with van der Waals surface area (Å²) in [5.41, 5.74) is 10.2. The third-order valence-corrected chi connectivity index (χ3v) is 8.84. The van der Waals surface area contributed by atoms with Crippen LogP contribution >= 0.6 is 0 Å². The number of hydrogen-bond donors (Lipinski definition) is 2. The van der Waals surface area contributed by atoms with Crippen LogP contribution in [0, 0.1) is 23.6 Å². The lowest BCUT2D eigenvalue weighted by molar-refractivity contribution is -0.118. The molecule has 0 aromatic heterocycles. The molecule has 4 aliphatic carbocycles. The molecule has 4 saturated carbocycles. The first-order valence-corrected chi connectivity index (χ1v) is 13.7. The Hall–Kier alpha value is -2.17. The normalized spacial score (nSPS) is 32.6. The Balaban J connectivity index is 1.42. The number of allylic oxidation sites excluding steroid dienone is 1. The zero-order chi connectivity index (χ0) is 23.5. The lowest BCUT2D eigenvalue weighted by Gasteiger charge is -2.26. The average Bonchev–Trinajstić information content (AvgIpc) is 3.42. The van der Waals surface area contributed by atoms with E-state index in [0.717, 1.165) is 74.1 Å². The summed E-state index contributed by atoms with van der Waals surface area (Å²) in [6, 6.07) is 7.45. The van der Waals surface area contributed by atoms with E-state index in [0.29, 0.717) is 17.7 Å². The molecule has 5 heteroatoms. The number of hydrogen-bond acceptors (Lipinski definition) is 3. The van der Waals surface area contributed by atoms with Crippen LogP contribution in [0.2, 0.25) is 0 Å². The quantitative estimate of drug-likeness (QED) is 0.423. The van der Waals surface area contributed by atoms with Crippen LogP contribution in [0.25, 0.3) is 0 Å². The third-order valence-electron chi connectivity index (χ3n) is 8.84. The molecule has 1 aromatic carbocycles. The van der Waals surface area contributed by atoms with Crippen LogP contribution in [0.4, 0.5) is 4.39 Å². The van der Waals surface area contributed by atoms with Gasteiger partial charge >= 0.3 is 0 Å². The molecule has 34 heavy (non-hydrogen) atoms. The van der Waals surface area contributed by atoms with E-state index >= 15 is 0 Å². The van der Waals surface area contributed by atoms with E-state index in [2.05, 4.69) is 5.32 Å². The van der Waals surface area contributed by atoms with Crippen molar-refractivity contribution in [3.8, 4) is 0 Å². The number of rotatable bonds is 5. The number of fused-ring (bicyclic) bond motifs is 2. The monoisotopic (exact) mass is 465 g/mol. The summed E-state index contributed by atoms with van der Waals surface area (Å²) >= 11 is 0. The van der Waals surface area contributed by atoms with Gasteiger partial charge in [-0.15, -0.1) is 0 Å². The van der Waals surface area contributed by atoms with E-state index in [4.69, 9.17) is 10.7 Å². The Bertz CT molecular complexity index is 931. The molecule has 0 spiro atoms. The number of amides is 1. The minimum absolute atomic E-state index is 0.0914. The highest BCUT2D eigenvalue weighted by Gasteiger charge is 2.40. The topological polar surface area (TPSA) is 67.5 Å². The zero-order valence-corrected chi connectivity index (χ0v) is 20.4. The zero-order valence-electron chi connectivity index (χ0n) is 20.4. The molecule has 3 unspecified atom stereocenters. The van der Waals surface area contributed by atoms with Crippen molar-refractivity contribution >= 4 is 11.6 Å². The Kier molecular flexibility index (Phi) is 7.36. The summed E-state index contributed by atoms with van der Waals surface area (Å²) in [7, 11) is 0. The molecular weight excluding hydrogens is 425 g/mol. The highest BCUT2D eigenvalue weighted by atomic mass is 19.1. The summed E-state index contributed by atoms with van der Waals surface area (Å²) in [6.07, 6.45) is 15.7. The van der Waals surface area contributed by atoms with Gasteiger partial charge in [-0.1, -0.05) is 44.2 Å². The second-order valence-electron chi connectivity index (χ2n) is 11.2. The van der Waals surface area contributed by atoms with Gasteiger partial charge in [0.1, 0.15) is 11.5 Å². The summed E-state index contributed by atoms with van der Waals surface area (Å²) in [4.78, 5) is 18.7. The lowest BCUT2D eigenvalue weighted by Crippen LogP contribution is -2.41. The number of nitrogens with one attached hydrogen (secondary N) is 1. The summed E-state index contributed by atoms with van der Waals surface area (Å²) in [6.45, 7) is 0. The van der Waals surface area contributed by atoms with Gasteiger partial charge in [0.25, 0.3) is 5.91 Å². The van der Waals surface area contributed by atoms with Crippen molar-refractivity contribution < 1.29 is 9.18 Å². The van der Waals surface area contributed by atoms with Gasteiger partial charge in [-0.2, -0.15) is 0 Å². The summed E-state index contributed by atoms with van der Waals surface area (Å²) in [5.74, 6) is 1.33. The minimum atomic E-state index is -0.206. The maximum absolute atomic E-state index is 13.5. The van der Waals surface area contributed by atoms with Crippen LogP contribution in [-0.4, -0.2) is 23.7 Å². The van der Waals surface area contributed by atoms with Crippen LogP contribution in [0.3, 0.4) is 0 Å². The number of nitrogens with zero attached hydrogens (tertiary/aromatic N) is 1. The first-order valence-electron chi connectivity index (χ1n) is 13.7. The first kappa shape index (κ1) is 23.6. The van der Waals surface area contributed by atoms with Crippen molar-refractivity contribution in [3.63, 3.8) is 0 Å². The van der Waals surface area contributed by atoms with Crippen molar-refractivity contribution in [1.29, 1.82) is 0 Å². The van der Waals surface area contributed by atoms with E-state index < -0.39 is 0 Å². The molecule has 0 heterocycles. The van der Waals surface area contributed by atoms with E-state index in [1.807, 2.05) is 12.1 Å². The molecule has 0 radical (unpaired) electrons. The van der Waals surface area contributed by atoms with Gasteiger partial charge in [-0.25, -0.2) is 4.39 Å². The van der Waals surface area contributed by atoms with Gasteiger partial charge in [0.05, 0.1) is 6.04 Å². The Morgan fingerprint density at radius 3 is 2.44 bits per heavy atom. The second-order valence-corrected chi connectivity index (χ2v) is 11.2. The molecule has 1 aromatic rings. The van der Waals surface area contributed by atoms with Gasteiger partial charge in [0.2, 0.25) is 0 Å². The fourth-order valence-corrected chi connectivity index (χ4v) is 6.97. The molecule has 0 saturated heterocycles. The standard InChI is InChI=1S/C29H40FN3O/c30-23-14-11-19(12-15-23)16-22-6-4-5-9-25(28(22)32-24-7-2-1-3-8-24)27(31)29(34)33-26-18-20-10-13-21(26)17-20/h11-12,14-15,20-22,24,26H,1-10,13,16-18,31H2,(H,33,34)/b27-25-,32-28?/t20?,21?,22?,26-/m1/s1. The smallest absolute Gasteiger partial charge is 0.267 e. The number of halogens is 1. The second kappa shape index (κ2) is 10.6. The van der Waals surface area contributed by atoms with Crippen LogP contribution in [0.15, 0.2) is 40.5 Å². The van der Waals surface area contributed by atoms with Crippen LogP contribution in [0.1, 0.15) is 89.0 Å². The molecule has 4 nitrogen and oxygen atoms in total. The third kappa shape index (κ3) is 5.39. The van der Waals surface area contributed by atoms with Crippen molar-refractivity contribution in [2.24, 2.45) is 28.5 Å². The molecule has 1 amide bonds. The van der Waals surface area contributed by atoms with Gasteiger partial charge in [0, 0.05) is 23.2 Å². The molecule has 184 valence electrons. The van der Waals surface area contributed by atoms with Crippen molar-refractivity contribution in [2.45, 2.75) is 102 Å². The molecular formula is C29H40FN3O. The molecule has 5 rings (SSSR count). The predicted molar refractivity (Wildman–Crippen MR) is 135 cm³/mol. The van der Waals surface area contributed by atoms with Crippen molar-refractivity contribution in [1.82, 2.24) is 5.32 Å². The maximum Gasteiger partial charge on any atom is 0.267 e. The number of nitrogens with two attached hydrogens (primary N) is 1. The number of benzene rings is 1. The van der Waals surface area contributed by atoms with Gasteiger partial charge < -0.3 is 11.1 Å². The Labute approximate surface area is 203 Å². The van der Waals surface area contributed by atoms with Gasteiger partial charge in [-0.05, 0) is 87.3 Å². The fourth-order valence-electron chi connectivity index (χ4n) is 6.97. The average molecular weight is 466 g/mol. The van der Waals surface area contributed by atoms with E-state index in [1.54, 1.807) is 0 Å². The Morgan fingerprint density at radius 2 is 1.74 bits per heavy atom. The number of carbonyl (C=O) groups excluding carboxylic acids is 1. The molecule has 4 aliphatic rings. The van der Waals surface area contributed by atoms with E-state index in [1.165, 1.54) is 50.7 Å². The molecule has 3 N–H and O–H groups in total. The lowest BCUT2D eigenvalue weighted by atomic mass is 9.86. The first-order chi connectivity index (χ1) is 16.6. The van der Waals surface area contributed by atoms with E-state index in [9.17, 15) is 9.18 Å². The fraction of sp³-hybridized carbons (Fsp3) is 0.655. The molecule has 4 fully saturated rings. The van der Waals surface area contributed by atoms with Crippen molar-refractivity contribution in [2.75, 3.05) is 0 Å². The highest BCUT2D eigenvalue weighted by molar-refractivity contribution is 6.09. The van der Waals surface area contributed by atoms with Crippen LogP contribution < -0.4 is 11.1 Å². The summed E-state index contributed by atoms with van der Waals surface area (Å²) in [5, 5.41) is 3.30. The van der Waals surface area contributed by atoms with E-state index in [-0.39, 0.29) is 23.7 Å². The number of carbonyl (C=O) groups is 1. The Morgan fingerprint density at radius 1 is 0.971 bits per heavy atom. The predicted octanol–water partition coefficient (Wildman–Crippen LogP) is 5.85. The van der Waals surface area contributed by atoms with Crippen molar-refractivity contribution in [3.05, 3.63) is 46.9 Å². The minimum Gasteiger partial charge on any atom is -0.394 e. The largest absolute Gasteiger partial charge is 0.394 e. The SMILES string of the molecule is N/C(C(=O)N[C@@H]1CC2CCC1C2)=C1/CCCCC(Cc2ccc(F)cc2)C1=NC1CCCCC1.